The zero-order valence-electron chi connectivity index (χ0n) is 14.9. The summed E-state index contributed by atoms with van der Waals surface area (Å²) in [5, 5.41) is 8.60. The molecule has 136 valence electrons. The van der Waals surface area contributed by atoms with Crippen LogP contribution in [0.1, 0.15) is 39.7 Å². The average molecular weight is 358 g/mol. The molecule has 7 heteroatoms. The molecule has 0 aliphatic rings. The van der Waals surface area contributed by atoms with Gasteiger partial charge < -0.3 is 18.9 Å². The maximum Gasteiger partial charge on any atom is 0.374 e. The van der Waals surface area contributed by atoms with Crippen molar-refractivity contribution in [3.8, 4) is 0 Å². The lowest BCUT2D eigenvalue weighted by Gasteiger charge is -2.34. The minimum Gasteiger partial charge on any atom is -0.466 e. The number of carbonyl (C=O) groups is 1. The maximum absolute atomic E-state index is 13.3. The molecule has 1 atom stereocenters. The smallest absolute Gasteiger partial charge is 0.374 e. The molecule has 0 spiro atoms. The van der Waals surface area contributed by atoms with E-state index in [1.54, 1.807) is 27.7 Å². The first-order chi connectivity index (χ1) is 11.1. The highest BCUT2D eigenvalue weighted by Gasteiger charge is 2.57. The number of benzene rings is 1. The highest BCUT2D eigenvalue weighted by Crippen LogP contribution is 2.62. The standard InChI is InChI=1S/C17H27O6P/c1-13(2)22-24(20,23-14(3)4)17(19,16(18)21-5)12-11-15-9-7-6-8-10-15/h6-10,13-14,19H,11-12H2,1-5H3. The lowest BCUT2D eigenvalue weighted by Crippen LogP contribution is -2.42. The van der Waals surface area contributed by atoms with Crippen LogP contribution in [-0.4, -0.2) is 35.7 Å². The molecule has 0 fully saturated rings. The van der Waals surface area contributed by atoms with Crippen LogP contribution in [0.15, 0.2) is 30.3 Å². The summed E-state index contributed by atoms with van der Waals surface area (Å²) in [7, 11) is -3.05. The van der Waals surface area contributed by atoms with Gasteiger partial charge in [-0.25, -0.2) is 4.79 Å². The number of aliphatic hydroxyl groups is 1. The first-order valence-corrected chi connectivity index (χ1v) is 9.50. The van der Waals surface area contributed by atoms with Crippen LogP contribution in [0.3, 0.4) is 0 Å². The molecule has 0 saturated carbocycles. The largest absolute Gasteiger partial charge is 0.466 e. The van der Waals surface area contributed by atoms with Gasteiger partial charge in [0, 0.05) is 6.42 Å². The molecule has 0 aliphatic heterocycles. The predicted octanol–water partition coefficient (Wildman–Crippen LogP) is 3.52. The lowest BCUT2D eigenvalue weighted by molar-refractivity contribution is -0.156. The van der Waals surface area contributed by atoms with E-state index in [9.17, 15) is 14.5 Å². The molecule has 1 aromatic carbocycles. The van der Waals surface area contributed by atoms with Crippen molar-refractivity contribution in [1.29, 1.82) is 0 Å². The fourth-order valence-electron chi connectivity index (χ4n) is 2.23. The Hall–Kier alpha value is -1.20. The second kappa shape index (κ2) is 8.77. The van der Waals surface area contributed by atoms with E-state index in [2.05, 4.69) is 0 Å². The topological polar surface area (TPSA) is 82.1 Å². The van der Waals surface area contributed by atoms with E-state index in [0.717, 1.165) is 12.7 Å². The lowest BCUT2D eigenvalue weighted by atomic mass is 10.1. The highest BCUT2D eigenvalue weighted by molar-refractivity contribution is 7.56. The molecule has 0 aliphatic carbocycles. The number of carbonyl (C=O) groups excluding carboxylic acids is 1. The average Bonchev–Trinajstić information content (AvgIpc) is 2.51. The monoisotopic (exact) mass is 358 g/mol. The quantitative estimate of drug-likeness (QED) is 0.537. The van der Waals surface area contributed by atoms with Gasteiger partial charge in [-0.15, -0.1) is 0 Å². The minimum atomic E-state index is -4.18. The van der Waals surface area contributed by atoms with Gasteiger partial charge in [-0.2, -0.15) is 0 Å². The van der Waals surface area contributed by atoms with Crippen LogP contribution in [0, 0.1) is 0 Å². The first-order valence-electron chi connectivity index (χ1n) is 7.96. The summed E-state index contributed by atoms with van der Waals surface area (Å²) < 4.78 is 28.8. The third-order valence-corrected chi connectivity index (χ3v) is 5.98. The van der Waals surface area contributed by atoms with Gasteiger partial charge in [-0.05, 0) is 39.7 Å². The van der Waals surface area contributed by atoms with Gasteiger partial charge in [0.25, 0.3) is 5.34 Å². The van der Waals surface area contributed by atoms with E-state index >= 15 is 0 Å². The van der Waals surface area contributed by atoms with Gasteiger partial charge in [-0.3, -0.25) is 4.57 Å². The Bertz CT molecular complexity index is 558. The van der Waals surface area contributed by atoms with Gasteiger partial charge in [0.05, 0.1) is 19.3 Å². The van der Waals surface area contributed by atoms with Crippen molar-refractivity contribution in [2.75, 3.05) is 7.11 Å². The fourth-order valence-corrected chi connectivity index (χ4v) is 4.44. The summed E-state index contributed by atoms with van der Waals surface area (Å²) in [5.74, 6) is -1.02. The number of esters is 1. The molecule has 1 rings (SSSR count). The van der Waals surface area contributed by atoms with Crippen molar-refractivity contribution in [3.63, 3.8) is 0 Å². The molecule has 0 heterocycles. The summed E-state index contributed by atoms with van der Waals surface area (Å²) in [5.41, 5.74) is 0.889. The normalized spacial score (nSPS) is 14.7. The number of hydrogen-bond acceptors (Lipinski definition) is 6. The Labute approximate surface area is 143 Å². The van der Waals surface area contributed by atoms with Crippen LogP contribution in [-0.2, 0) is 29.6 Å². The van der Waals surface area contributed by atoms with E-state index in [1.165, 1.54) is 0 Å². The molecule has 0 saturated heterocycles. The second-order valence-corrected chi connectivity index (χ2v) is 8.26. The fraction of sp³-hybridized carbons (Fsp3) is 0.588. The third kappa shape index (κ3) is 5.15. The Morgan fingerprint density at radius 2 is 1.62 bits per heavy atom. The molecule has 0 radical (unpaired) electrons. The zero-order valence-corrected chi connectivity index (χ0v) is 15.8. The number of methoxy groups -OCH3 is 1. The van der Waals surface area contributed by atoms with E-state index in [1.807, 2.05) is 30.3 Å². The van der Waals surface area contributed by atoms with E-state index < -0.39 is 31.1 Å². The van der Waals surface area contributed by atoms with Crippen LogP contribution in [0.25, 0.3) is 0 Å². The van der Waals surface area contributed by atoms with Crippen molar-refractivity contribution in [1.82, 2.24) is 0 Å². The SMILES string of the molecule is COC(=O)C(O)(CCc1ccccc1)P(=O)(OC(C)C)OC(C)C. The summed E-state index contributed by atoms with van der Waals surface area (Å²) in [6, 6.07) is 9.28. The number of aryl methyl sites for hydroxylation is 1. The van der Waals surface area contributed by atoms with E-state index in [-0.39, 0.29) is 6.42 Å². The van der Waals surface area contributed by atoms with Crippen LogP contribution in [0.2, 0.25) is 0 Å². The van der Waals surface area contributed by atoms with Gasteiger partial charge in [0.1, 0.15) is 0 Å². The second-order valence-electron chi connectivity index (χ2n) is 6.10. The summed E-state index contributed by atoms with van der Waals surface area (Å²) in [6.07, 6.45) is -0.815. The van der Waals surface area contributed by atoms with Crippen LogP contribution < -0.4 is 0 Å². The first kappa shape index (κ1) is 20.8. The Morgan fingerprint density at radius 1 is 1.12 bits per heavy atom. The number of ether oxygens (including phenoxy) is 1. The minimum absolute atomic E-state index is 0.138. The number of rotatable bonds is 9. The molecular weight excluding hydrogens is 331 g/mol. The third-order valence-electron chi connectivity index (χ3n) is 3.27. The molecule has 24 heavy (non-hydrogen) atoms. The van der Waals surface area contributed by atoms with Crippen molar-refractivity contribution in [3.05, 3.63) is 35.9 Å². The van der Waals surface area contributed by atoms with Gasteiger partial charge >= 0.3 is 13.6 Å². The molecule has 1 unspecified atom stereocenters. The zero-order chi connectivity index (χ0) is 18.4. The predicted molar refractivity (Wildman–Crippen MR) is 91.8 cm³/mol. The maximum atomic E-state index is 13.3. The molecule has 6 nitrogen and oxygen atoms in total. The molecule has 0 aromatic heterocycles. The molecular formula is C17H27O6P. The number of hydrogen-bond donors (Lipinski definition) is 1. The molecule has 0 amide bonds. The highest BCUT2D eigenvalue weighted by atomic mass is 31.2. The Kier molecular flexibility index (Phi) is 7.61. The van der Waals surface area contributed by atoms with Crippen LogP contribution >= 0.6 is 7.60 Å². The van der Waals surface area contributed by atoms with E-state index in [0.29, 0.717) is 6.42 Å². The van der Waals surface area contributed by atoms with Gasteiger partial charge in [0.2, 0.25) is 0 Å². The van der Waals surface area contributed by atoms with Gasteiger partial charge in [-0.1, -0.05) is 30.3 Å². The van der Waals surface area contributed by atoms with Gasteiger partial charge in [0.15, 0.2) is 0 Å². The Morgan fingerprint density at radius 3 is 2.04 bits per heavy atom. The molecule has 1 aromatic rings. The molecule has 1 N–H and O–H groups in total. The van der Waals surface area contributed by atoms with Crippen molar-refractivity contribution in [2.24, 2.45) is 0 Å². The summed E-state index contributed by atoms with van der Waals surface area (Å²) in [4.78, 5) is 12.3. The van der Waals surface area contributed by atoms with Crippen LogP contribution in [0.4, 0.5) is 0 Å². The van der Waals surface area contributed by atoms with Crippen LogP contribution in [0.5, 0.6) is 0 Å². The van der Waals surface area contributed by atoms with Crippen molar-refractivity contribution >= 4 is 13.6 Å². The van der Waals surface area contributed by atoms with Crippen molar-refractivity contribution < 1.29 is 28.3 Å². The molecule has 0 bridgehead atoms. The summed E-state index contributed by atoms with van der Waals surface area (Å²) in [6.45, 7) is 6.63. The van der Waals surface area contributed by atoms with E-state index in [4.69, 9.17) is 13.8 Å². The van der Waals surface area contributed by atoms with Crippen molar-refractivity contribution in [2.45, 2.75) is 58.1 Å². The summed E-state index contributed by atoms with van der Waals surface area (Å²) >= 11 is 0. The Balaban J connectivity index is 3.18.